The minimum atomic E-state index is 0.435. The Morgan fingerprint density at radius 3 is 3.09 bits per heavy atom. The van der Waals surface area contributed by atoms with Gasteiger partial charge in [0.1, 0.15) is 0 Å². The minimum Gasteiger partial charge on any atom is -0.197 e. The molecule has 1 aliphatic carbocycles. The number of hydrogen-bond acceptors (Lipinski definition) is 4. The number of benzene rings is 1. The van der Waals surface area contributed by atoms with Crippen LogP contribution in [0.1, 0.15) is 36.7 Å². The van der Waals surface area contributed by atoms with E-state index in [1.165, 1.54) is 16.0 Å². The number of fused-ring (bicyclic) bond motifs is 4. The van der Waals surface area contributed by atoms with E-state index in [9.17, 15) is 0 Å². The van der Waals surface area contributed by atoms with Gasteiger partial charge in [0.2, 0.25) is 0 Å². The SMILES string of the molecule is C[C@@H]1C2c3ccc(Cc4nnc5cccnn45)cc3S[C@]21C. The molecule has 2 aromatic heterocycles. The summed E-state index contributed by atoms with van der Waals surface area (Å²) in [5.74, 6) is 2.45. The molecule has 0 saturated heterocycles. The Kier molecular flexibility index (Phi) is 2.36. The van der Waals surface area contributed by atoms with Crippen molar-refractivity contribution in [2.75, 3.05) is 0 Å². The molecule has 5 rings (SSSR count). The van der Waals surface area contributed by atoms with Crippen LogP contribution in [0.3, 0.4) is 0 Å². The fourth-order valence-electron chi connectivity index (χ4n) is 3.79. The number of thioether (sulfide) groups is 1. The maximum atomic E-state index is 4.34. The van der Waals surface area contributed by atoms with Crippen LogP contribution in [0.15, 0.2) is 41.4 Å². The highest BCUT2D eigenvalue weighted by atomic mass is 32.2. The second-order valence-electron chi connectivity index (χ2n) is 6.51. The van der Waals surface area contributed by atoms with Crippen LogP contribution in [-0.4, -0.2) is 24.6 Å². The van der Waals surface area contributed by atoms with Crippen LogP contribution in [-0.2, 0) is 6.42 Å². The van der Waals surface area contributed by atoms with Crippen molar-refractivity contribution in [1.82, 2.24) is 19.8 Å². The molecule has 3 aromatic rings. The zero-order valence-corrected chi connectivity index (χ0v) is 13.3. The molecule has 0 radical (unpaired) electrons. The van der Waals surface area contributed by atoms with Gasteiger partial charge in [-0.2, -0.15) is 9.61 Å². The first-order chi connectivity index (χ1) is 10.7. The first-order valence-electron chi connectivity index (χ1n) is 7.64. The van der Waals surface area contributed by atoms with Crippen LogP contribution in [0, 0.1) is 5.92 Å². The zero-order valence-electron chi connectivity index (χ0n) is 12.5. The van der Waals surface area contributed by atoms with Crippen molar-refractivity contribution in [1.29, 1.82) is 0 Å². The van der Waals surface area contributed by atoms with Gasteiger partial charge in [-0.25, -0.2) is 0 Å². The van der Waals surface area contributed by atoms with Gasteiger partial charge in [0.05, 0.1) is 0 Å². The van der Waals surface area contributed by atoms with Gasteiger partial charge in [0.25, 0.3) is 0 Å². The Hall–Kier alpha value is -1.88. The summed E-state index contributed by atoms with van der Waals surface area (Å²) in [6.45, 7) is 4.76. The predicted octanol–water partition coefficient (Wildman–Crippen LogP) is 3.31. The second kappa shape index (κ2) is 4.10. The summed E-state index contributed by atoms with van der Waals surface area (Å²) in [7, 11) is 0. The largest absolute Gasteiger partial charge is 0.197 e. The molecular weight excluding hydrogens is 292 g/mol. The van der Waals surface area contributed by atoms with Gasteiger partial charge in [0.15, 0.2) is 11.5 Å². The van der Waals surface area contributed by atoms with Crippen LogP contribution >= 0.6 is 11.8 Å². The molecule has 1 saturated carbocycles. The first-order valence-corrected chi connectivity index (χ1v) is 8.45. The van der Waals surface area contributed by atoms with Crippen LogP contribution in [0.5, 0.6) is 0 Å². The number of aromatic nitrogens is 4. The van der Waals surface area contributed by atoms with Gasteiger partial charge in [0, 0.05) is 28.2 Å². The second-order valence-corrected chi connectivity index (χ2v) is 8.03. The Balaban J connectivity index is 1.49. The summed E-state index contributed by atoms with van der Waals surface area (Å²) in [5, 5.41) is 12.8. The molecule has 3 heterocycles. The van der Waals surface area contributed by atoms with Crippen LogP contribution in [0.2, 0.25) is 0 Å². The standard InChI is InChI=1S/C17H16N4S/c1-10-16-12-6-5-11(8-13(12)22-17(10,16)2)9-15-20-19-14-4-3-7-18-21(14)15/h3-8,10,16H,9H2,1-2H3/t10-,16?,17+/m1/s1. The van der Waals surface area contributed by atoms with Gasteiger partial charge in [-0.05, 0) is 42.2 Å². The average molecular weight is 308 g/mol. The van der Waals surface area contributed by atoms with Crippen LogP contribution in [0.25, 0.3) is 5.65 Å². The molecule has 4 nitrogen and oxygen atoms in total. The molecule has 0 N–H and O–H groups in total. The fraction of sp³-hybridized carbons (Fsp3) is 0.353. The van der Waals surface area contributed by atoms with E-state index in [1.54, 1.807) is 6.20 Å². The highest BCUT2D eigenvalue weighted by Crippen LogP contribution is 2.73. The summed E-state index contributed by atoms with van der Waals surface area (Å²) in [5.41, 5.74) is 3.62. The van der Waals surface area contributed by atoms with E-state index in [0.29, 0.717) is 4.75 Å². The van der Waals surface area contributed by atoms with E-state index in [1.807, 2.05) is 28.4 Å². The average Bonchev–Trinajstić information content (AvgIpc) is 2.86. The Bertz CT molecular complexity index is 903. The number of hydrogen-bond donors (Lipinski definition) is 0. The first kappa shape index (κ1) is 12.6. The third-order valence-electron chi connectivity index (χ3n) is 5.26. The summed E-state index contributed by atoms with van der Waals surface area (Å²) in [6.07, 6.45) is 2.54. The topological polar surface area (TPSA) is 43.1 Å². The van der Waals surface area contributed by atoms with E-state index in [-0.39, 0.29) is 0 Å². The van der Waals surface area contributed by atoms with Gasteiger partial charge >= 0.3 is 0 Å². The van der Waals surface area contributed by atoms with Gasteiger partial charge in [-0.15, -0.1) is 22.0 Å². The van der Waals surface area contributed by atoms with Crippen LogP contribution in [0.4, 0.5) is 0 Å². The van der Waals surface area contributed by atoms with E-state index < -0.39 is 0 Å². The van der Waals surface area contributed by atoms with Gasteiger partial charge in [-0.3, -0.25) is 0 Å². The number of rotatable bonds is 2. The summed E-state index contributed by atoms with van der Waals surface area (Å²) in [4.78, 5) is 1.45. The molecule has 0 bridgehead atoms. The molecular formula is C17H16N4S. The molecule has 2 aliphatic rings. The van der Waals surface area contributed by atoms with Crippen molar-refractivity contribution in [2.24, 2.45) is 5.92 Å². The molecule has 1 unspecified atom stereocenters. The van der Waals surface area contributed by atoms with Crippen LogP contribution < -0.4 is 0 Å². The Morgan fingerprint density at radius 2 is 2.18 bits per heavy atom. The lowest BCUT2D eigenvalue weighted by Gasteiger charge is -2.09. The monoisotopic (exact) mass is 308 g/mol. The lowest BCUT2D eigenvalue weighted by atomic mass is 10.0. The molecule has 3 atom stereocenters. The Morgan fingerprint density at radius 1 is 1.27 bits per heavy atom. The third-order valence-corrected chi connectivity index (χ3v) is 6.90. The summed E-state index contributed by atoms with van der Waals surface area (Å²) >= 11 is 2.05. The van der Waals surface area contributed by atoms with E-state index in [0.717, 1.165) is 29.7 Å². The van der Waals surface area contributed by atoms with Crippen molar-refractivity contribution in [3.63, 3.8) is 0 Å². The smallest absolute Gasteiger partial charge is 0.177 e. The minimum absolute atomic E-state index is 0.435. The summed E-state index contributed by atoms with van der Waals surface area (Å²) in [6, 6.07) is 10.7. The van der Waals surface area contributed by atoms with Crippen molar-refractivity contribution < 1.29 is 0 Å². The molecule has 1 aromatic carbocycles. The molecule has 0 spiro atoms. The molecule has 5 heteroatoms. The van der Waals surface area contributed by atoms with Crippen molar-refractivity contribution in [3.05, 3.63) is 53.5 Å². The maximum Gasteiger partial charge on any atom is 0.177 e. The zero-order chi connectivity index (χ0) is 14.9. The lowest BCUT2D eigenvalue weighted by Crippen LogP contribution is -2.00. The van der Waals surface area contributed by atoms with E-state index in [2.05, 4.69) is 47.3 Å². The highest BCUT2D eigenvalue weighted by molar-refractivity contribution is 8.01. The van der Waals surface area contributed by atoms with Crippen molar-refractivity contribution in [3.8, 4) is 0 Å². The maximum absolute atomic E-state index is 4.34. The molecule has 0 amide bonds. The third kappa shape index (κ3) is 1.57. The fourth-order valence-corrected chi connectivity index (χ4v) is 5.49. The molecule has 110 valence electrons. The normalized spacial score (nSPS) is 28.6. The molecule has 1 fully saturated rings. The van der Waals surface area contributed by atoms with Gasteiger partial charge in [-0.1, -0.05) is 19.1 Å². The summed E-state index contributed by atoms with van der Waals surface area (Å²) < 4.78 is 2.26. The van der Waals surface area contributed by atoms with E-state index >= 15 is 0 Å². The van der Waals surface area contributed by atoms with E-state index in [4.69, 9.17) is 0 Å². The number of nitrogens with zero attached hydrogens (tertiary/aromatic N) is 4. The quantitative estimate of drug-likeness (QED) is 0.728. The highest BCUT2D eigenvalue weighted by Gasteiger charge is 2.64. The Labute approximate surface area is 133 Å². The van der Waals surface area contributed by atoms with Gasteiger partial charge < -0.3 is 0 Å². The molecule has 22 heavy (non-hydrogen) atoms. The predicted molar refractivity (Wildman–Crippen MR) is 86.2 cm³/mol. The van der Waals surface area contributed by atoms with Crippen molar-refractivity contribution in [2.45, 2.75) is 35.8 Å². The molecule has 1 aliphatic heterocycles. The van der Waals surface area contributed by atoms with Crippen molar-refractivity contribution >= 4 is 17.4 Å². The lowest BCUT2D eigenvalue weighted by molar-refractivity contribution is 0.834.